The molecule has 2 unspecified atom stereocenters. The zero-order valence-corrected chi connectivity index (χ0v) is 12.3. The fraction of sp³-hybridized carbons (Fsp3) is 0.500. The first kappa shape index (κ1) is 13.6. The Morgan fingerprint density at radius 2 is 2.00 bits per heavy atom. The van der Waals surface area contributed by atoms with Gasteiger partial charge in [-0.05, 0) is 56.0 Å². The van der Waals surface area contributed by atoms with E-state index in [1.54, 1.807) is 0 Å². The van der Waals surface area contributed by atoms with E-state index in [1.807, 2.05) is 6.20 Å². The van der Waals surface area contributed by atoms with Crippen LogP contribution in [0.4, 0.5) is 0 Å². The number of fused-ring (bicyclic) bond motifs is 1. The Bertz CT molecular complexity index is 559. The third-order valence-corrected chi connectivity index (χ3v) is 4.70. The molecular formula is C18H24N2. The molecule has 1 heterocycles. The Balaban J connectivity index is 2.02. The van der Waals surface area contributed by atoms with Crippen molar-refractivity contribution in [3.63, 3.8) is 0 Å². The molecular weight excluding hydrogens is 244 g/mol. The van der Waals surface area contributed by atoms with Gasteiger partial charge in [-0.15, -0.1) is 0 Å². The van der Waals surface area contributed by atoms with E-state index >= 15 is 0 Å². The van der Waals surface area contributed by atoms with Crippen LogP contribution in [0.5, 0.6) is 0 Å². The second-order valence-electron chi connectivity index (χ2n) is 5.98. The lowest BCUT2D eigenvalue weighted by Crippen LogP contribution is -2.24. The molecule has 0 aliphatic heterocycles. The monoisotopic (exact) mass is 268 g/mol. The molecule has 0 radical (unpaired) electrons. The molecule has 1 aliphatic rings. The number of nitrogens with one attached hydrogen (secondary N) is 1. The van der Waals surface area contributed by atoms with Gasteiger partial charge >= 0.3 is 0 Å². The highest BCUT2D eigenvalue weighted by molar-refractivity contribution is 5.82. The molecule has 0 spiro atoms. The minimum atomic E-state index is 0.679. The van der Waals surface area contributed by atoms with Crippen molar-refractivity contribution >= 4 is 10.9 Å². The van der Waals surface area contributed by atoms with Crippen LogP contribution in [0.3, 0.4) is 0 Å². The van der Waals surface area contributed by atoms with Crippen LogP contribution in [0.2, 0.25) is 0 Å². The van der Waals surface area contributed by atoms with Gasteiger partial charge in [-0.1, -0.05) is 37.5 Å². The molecule has 0 saturated heterocycles. The van der Waals surface area contributed by atoms with E-state index in [9.17, 15) is 0 Å². The summed E-state index contributed by atoms with van der Waals surface area (Å²) in [5.41, 5.74) is 2.65. The highest BCUT2D eigenvalue weighted by Crippen LogP contribution is 2.38. The summed E-state index contributed by atoms with van der Waals surface area (Å²) in [6, 6.07) is 10.9. The second-order valence-corrected chi connectivity index (χ2v) is 5.98. The lowest BCUT2D eigenvalue weighted by atomic mass is 9.81. The van der Waals surface area contributed by atoms with E-state index in [2.05, 4.69) is 47.7 Å². The maximum atomic E-state index is 4.52. The quantitative estimate of drug-likeness (QED) is 0.847. The summed E-state index contributed by atoms with van der Waals surface area (Å²) in [6.45, 7) is 1.13. The van der Waals surface area contributed by atoms with E-state index in [4.69, 9.17) is 0 Å². The Hall–Kier alpha value is -1.41. The number of pyridine rings is 1. The molecule has 1 saturated carbocycles. The van der Waals surface area contributed by atoms with Gasteiger partial charge in [0, 0.05) is 11.6 Å². The first-order valence-corrected chi connectivity index (χ1v) is 7.88. The predicted octanol–water partition coefficient (Wildman–Crippen LogP) is 4.12. The fourth-order valence-electron chi connectivity index (χ4n) is 3.75. The largest absolute Gasteiger partial charge is 0.319 e. The van der Waals surface area contributed by atoms with Crippen molar-refractivity contribution in [3.8, 4) is 0 Å². The van der Waals surface area contributed by atoms with Crippen molar-refractivity contribution < 1.29 is 0 Å². The maximum absolute atomic E-state index is 4.52. The van der Waals surface area contributed by atoms with E-state index in [1.165, 1.54) is 43.1 Å². The SMILES string of the molecule is CNCC1CCCCCC1c1cccc2ncccc12. The molecule has 0 amide bonds. The predicted molar refractivity (Wildman–Crippen MR) is 85.0 cm³/mol. The minimum absolute atomic E-state index is 0.679. The summed E-state index contributed by atoms with van der Waals surface area (Å²) in [5.74, 6) is 1.44. The van der Waals surface area contributed by atoms with Gasteiger partial charge in [0.25, 0.3) is 0 Å². The smallest absolute Gasteiger partial charge is 0.0704 e. The Kier molecular flexibility index (Phi) is 4.31. The highest BCUT2D eigenvalue weighted by atomic mass is 14.8. The molecule has 2 atom stereocenters. The van der Waals surface area contributed by atoms with Crippen molar-refractivity contribution in [1.82, 2.24) is 10.3 Å². The molecule has 2 aromatic rings. The van der Waals surface area contributed by atoms with Crippen LogP contribution < -0.4 is 5.32 Å². The number of benzene rings is 1. The Morgan fingerprint density at radius 1 is 1.10 bits per heavy atom. The standard InChI is InChI=1S/C18H24N2/c1-19-13-14-7-3-2-4-8-15(14)16-9-5-11-18-17(16)10-6-12-20-18/h5-6,9-12,14-15,19H,2-4,7-8,13H2,1H3. The van der Waals surface area contributed by atoms with Crippen LogP contribution in [0.25, 0.3) is 10.9 Å². The topological polar surface area (TPSA) is 24.9 Å². The summed E-state index contributed by atoms with van der Waals surface area (Å²) in [7, 11) is 2.08. The molecule has 2 nitrogen and oxygen atoms in total. The molecule has 20 heavy (non-hydrogen) atoms. The molecule has 1 fully saturated rings. The summed E-state index contributed by atoms with van der Waals surface area (Å²) >= 11 is 0. The number of nitrogens with zero attached hydrogens (tertiary/aromatic N) is 1. The zero-order valence-electron chi connectivity index (χ0n) is 12.3. The average Bonchev–Trinajstić information content (AvgIpc) is 2.73. The summed E-state index contributed by atoms with van der Waals surface area (Å²) in [4.78, 5) is 4.52. The zero-order chi connectivity index (χ0) is 13.8. The first-order valence-electron chi connectivity index (χ1n) is 7.88. The average molecular weight is 268 g/mol. The molecule has 0 bridgehead atoms. The maximum Gasteiger partial charge on any atom is 0.0704 e. The highest BCUT2D eigenvalue weighted by Gasteiger charge is 2.25. The number of aromatic nitrogens is 1. The van der Waals surface area contributed by atoms with Gasteiger partial charge in [0.2, 0.25) is 0 Å². The van der Waals surface area contributed by atoms with Crippen LogP contribution in [0, 0.1) is 5.92 Å². The third-order valence-electron chi connectivity index (χ3n) is 4.70. The lowest BCUT2D eigenvalue weighted by Gasteiger charge is -2.26. The van der Waals surface area contributed by atoms with Gasteiger partial charge in [0.1, 0.15) is 0 Å². The minimum Gasteiger partial charge on any atom is -0.319 e. The van der Waals surface area contributed by atoms with Crippen molar-refractivity contribution in [3.05, 3.63) is 42.1 Å². The molecule has 2 heteroatoms. The molecule has 1 aliphatic carbocycles. The van der Waals surface area contributed by atoms with E-state index in [0.29, 0.717) is 5.92 Å². The Morgan fingerprint density at radius 3 is 2.90 bits per heavy atom. The van der Waals surface area contributed by atoms with Crippen LogP contribution in [0.15, 0.2) is 36.5 Å². The molecule has 106 valence electrons. The number of rotatable bonds is 3. The summed E-state index contributed by atoms with van der Waals surface area (Å²) in [5, 5.41) is 4.75. The number of hydrogen-bond donors (Lipinski definition) is 1. The summed E-state index contributed by atoms with van der Waals surface area (Å²) in [6.07, 6.45) is 8.69. The van der Waals surface area contributed by atoms with E-state index < -0.39 is 0 Å². The van der Waals surface area contributed by atoms with Crippen molar-refractivity contribution in [2.24, 2.45) is 5.92 Å². The fourth-order valence-corrected chi connectivity index (χ4v) is 3.75. The van der Waals surface area contributed by atoms with Gasteiger partial charge in [0.15, 0.2) is 0 Å². The van der Waals surface area contributed by atoms with Crippen molar-refractivity contribution in [1.29, 1.82) is 0 Å². The van der Waals surface area contributed by atoms with Crippen LogP contribution in [-0.2, 0) is 0 Å². The Labute approximate surface area is 121 Å². The van der Waals surface area contributed by atoms with Crippen molar-refractivity contribution in [2.45, 2.75) is 38.0 Å². The van der Waals surface area contributed by atoms with Crippen LogP contribution in [0.1, 0.15) is 43.6 Å². The first-order chi connectivity index (χ1) is 9.90. The third kappa shape index (κ3) is 2.71. The van der Waals surface area contributed by atoms with E-state index in [-0.39, 0.29) is 0 Å². The molecule has 1 aromatic heterocycles. The molecule has 1 aromatic carbocycles. The summed E-state index contributed by atoms with van der Waals surface area (Å²) < 4.78 is 0. The van der Waals surface area contributed by atoms with Gasteiger partial charge < -0.3 is 5.32 Å². The van der Waals surface area contributed by atoms with Gasteiger partial charge in [0.05, 0.1) is 5.52 Å². The van der Waals surface area contributed by atoms with Crippen LogP contribution >= 0.6 is 0 Å². The van der Waals surface area contributed by atoms with Crippen LogP contribution in [-0.4, -0.2) is 18.6 Å². The van der Waals surface area contributed by atoms with Gasteiger partial charge in [-0.2, -0.15) is 0 Å². The number of hydrogen-bond acceptors (Lipinski definition) is 2. The lowest BCUT2D eigenvalue weighted by molar-refractivity contribution is 0.388. The normalized spacial score (nSPS) is 23.6. The van der Waals surface area contributed by atoms with Crippen molar-refractivity contribution in [2.75, 3.05) is 13.6 Å². The molecule has 3 rings (SSSR count). The van der Waals surface area contributed by atoms with E-state index in [0.717, 1.165) is 18.0 Å². The van der Waals surface area contributed by atoms with Gasteiger partial charge in [-0.25, -0.2) is 0 Å². The second kappa shape index (κ2) is 6.36. The van der Waals surface area contributed by atoms with Gasteiger partial charge in [-0.3, -0.25) is 4.98 Å². The molecule has 1 N–H and O–H groups in total.